The van der Waals surface area contributed by atoms with Crippen molar-refractivity contribution in [2.75, 3.05) is 14.1 Å². The van der Waals surface area contributed by atoms with E-state index >= 15 is 0 Å². The number of likely N-dealkylation sites (N-methyl/N-ethyl adjacent to an activating group) is 1. The summed E-state index contributed by atoms with van der Waals surface area (Å²) in [6, 6.07) is 2.93. The molecule has 0 unspecified atom stereocenters. The number of carbonyl (C=O) groups is 3. The van der Waals surface area contributed by atoms with Crippen molar-refractivity contribution in [2.45, 2.75) is 37.5 Å². The summed E-state index contributed by atoms with van der Waals surface area (Å²) in [4.78, 5) is 39.2. The van der Waals surface area contributed by atoms with Gasteiger partial charge in [-0.3, -0.25) is 19.3 Å². The molecule has 1 amide bonds. The monoisotopic (exact) mass is 446 g/mol. The van der Waals surface area contributed by atoms with Gasteiger partial charge < -0.3 is 31.3 Å². The van der Waals surface area contributed by atoms with Gasteiger partial charge in [-0.15, -0.1) is 0 Å². The van der Waals surface area contributed by atoms with Crippen molar-refractivity contribution < 1.29 is 39.9 Å². The van der Waals surface area contributed by atoms with Gasteiger partial charge in [0.15, 0.2) is 11.6 Å². The van der Waals surface area contributed by atoms with Gasteiger partial charge in [-0.1, -0.05) is 12.1 Å². The normalized spacial score (nSPS) is 31.4. The molecule has 10 heteroatoms. The highest BCUT2D eigenvalue weighted by atomic mass is 16.3. The Labute approximate surface area is 183 Å². The molecule has 0 radical (unpaired) electrons. The number of carbonyl (C=O) groups excluding carboxylic acids is 3. The van der Waals surface area contributed by atoms with E-state index in [0.29, 0.717) is 0 Å². The molecule has 0 spiro atoms. The Hall–Kier alpha value is -3.21. The SMILES string of the molecule is CN(C)[C@@H]1/C(O)=C(/C(N)=O)C(=O)CC(=O)C2=C(O)c3c(O)cccc3[C@@](C)(O)[C@H]2C[C@@H]1O. The molecule has 4 atom stereocenters. The number of primary amides is 1. The van der Waals surface area contributed by atoms with Crippen LogP contribution in [0, 0.1) is 5.92 Å². The topological polar surface area (TPSA) is 182 Å². The van der Waals surface area contributed by atoms with Crippen LogP contribution in [-0.2, 0) is 20.0 Å². The second kappa shape index (κ2) is 8.05. The average molecular weight is 446 g/mol. The first-order chi connectivity index (χ1) is 14.8. The van der Waals surface area contributed by atoms with Crippen LogP contribution in [0.25, 0.3) is 5.76 Å². The van der Waals surface area contributed by atoms with Crippen LogP contribution in [0.5, 0.6) is 5.75 Å². The third kappa shape index (κ3) is 3.56. The molecule has 0 fully saturated rings. The second-order valence-corrected chi connectivity index (χ2v) is 8.52. The van der Waals surface area contributed by atoms with E-state index in [0.717, 1.165) is 0 Å². The maximum atomic E-state index is 13.1. The minimum Gasteiger partial charge on any atom is -0.510 e. The largest absolute Gasteiger partial charge is 0.510 e. The number of aliphatic hydroxyl groups is 4. The van der Waals surface area contributed by atoms with E-state index in [9.17, 15) is 39.9 Å². The Morgan fingerprint density at radius 2 is 1.78 bits per heavy atom. The van der Waals surface area contributed by atoms with E-state index < -0.39 is 64.7 Å². The predicted molar refractivity (Wildman–Crippen MR) is 112 cm³/mol. The number of ketones is 2. The van der Waals surface area contributed by atoms with Crippen molar-refractivity contribution in [3.05, 3.63) is 46.2 Å². The van der Waals surface area contributed by atoms with E-state index in [1.165, 1.54) is 44.1 Å². The summed E-state index contributed by atoms with van der Waals surface area (Å²) in [5, 5.41) is 54.3. The summed E-state index contributed by atoms with van der Waals surface area (Å²) < 4.78 is 0. The molecule has 7 N–H and O–H groups in total. The third-order valence-electron chi connectivity index (χ3n) is 6.19. The second-order valence-electron chi connectivity index (χ2n) is 8.52. The van der Waals surface area contributed by atoms with Gasteiger partial charge in [0.1, 0.15) is 22.8 Å². The fourth-order valence-electron chi connectivity index (χ4n) is 4.68. The van der Waals surface area contributed by atoms with Crippen LogP contribution >= 0.6 is 0 Å². The first-order valence-corrected chi connectivity index (χ1v) is 9.92. The van der Waals surface area contributed by atoms with Gasteiger partial charge in [0.25, 0.3) is 5.91 Å². The molecule has 0 heterocycles. The van der Waals surface area contributed by atoms with Gasteiger partial charge in [0, 0.05) is 11.5 Å². The van der Waals surface area contributed by atoms with Gasteiger partial charge in [-0.05, 0) is 39.1 Å². The fourth-order valence-corrected chi connectivity index (χ4v) is 4.68. The number of fused-ring (bicyclic) bond motifs is 2. The lowest BCUT2D eigenvalue weighted by atomic mass is 9.67. The molecule has 0 aliphatic heterocycles. The molecular formula is C22H26N2O8. The number of benzene rings is 1. The van der Waals surface area contributed by atoms with Crippen molar-refractivity contribution in [2.24, 2.45) is 11.7 Å². The van der Waals surface area contributed by atoms with E-state index in [4.69, 9.17) is 5.73 Å². The molecule has 0 aromatic heterocycles. The van der Waals surface area contributed by atoms with Crippen molar-refractivity contribution >= 4 is 23.2 Å². The van der Waals surface area contributed by atoms with Crippen LogP contribution < -0.4 is 5.73 Å². The zero-order valence-corrected chi connectivity index (χ0v) is 17.9. The number of hydrogen-bond donors (Lipinski definition) is 6. The molecular weight excluding hydrogens is 420 g/mol. The standard InChI is InChI=1S/C22H26N2O8/c1-22(32)9-5-4-6-11(25)15(9)19(29)16-10(22)7-14(28)18(24(2)3)20(30)17(21(23)31)13(27)8-12(16)26/h4-6,10,14,18,25,28-30,32H,7-8H2,1-3H3,(H2,23,31)/b20-17-/t10-,14-,18-,22+/m0/s1. The van der Waals surface area contributed by atoms with E-state index in [1.807, 2.05) is 0 Å². The Kier molecular flexibility index (Phi) is 5.90. The fraction of sp³-hybridized carbons (Fsp3) is 0.409. The molecule has 32 heavy (non-hydrogen) atoms. The van der Waals surface area contributed by atoms with Crippen LogP contribution in [-0.4, -0.2) is 74.1 Å². The van der Waals surface area contributed by atoms with Gasteiger partial charge >= 0.3 is 0 Å². The lowest BCUT2D eigenvalue weighted by Gasteiger charge is -2.42. The number of amides is 1. The Morgan fingerprint density at radius 3 is 2.34 bits per heavy atom. The van der Waals surface area contributed by atoms with E-state index in [-0.39, 0.29) is 28.9 Å². The number of nitrogens with two attached hydrogens (primary N) is 1. The maximum Gasteiger partial charge on any atom is 0.255 e. The summed E-state index contributed by atoms with van der Waals surface area (Å²) in [7, 11) is 2.98. The summed E-state index contributed by atoms with van der Waals surface area (Å²) in [5.41, 5.74) is 2.23. The number of aromatic hydroxyl groups is 1. The molecule has 2 aliphatic carbocycles. The minimum atomic E-state index is -1.84. The molecule has 0 bridgehead atoms. The summed E-state index contributed by atoms with van der Waals surface area (Å²) in [5.74, 6) is -6.29. The average Bonchev–Trinajstić information content (AvgIpc) is 2.65. The highest BCUT2D eigenvalue weighted by Gasteiger charge is 2.49. The first kappa shape index (κ1) is 23.5. The van der Waals surface area contributed by atoms with E-state index in [2.05, 4.69) is 0 Å². The zero-order valence-electron chi connectivity index (χ0n) is 17.9. The smallest absolute Gasteiger partial charge is 0.255 e. The minimum absolute atomic E-state index is 0.131. The van der Waals surface area contributed by atoms with Crippen molar-refractivity contribution in [1.82, 2.24) is 4.90 Å². The first-order valence-electron chi connectivity index (χ1n) is 9.92. The van der Waals surface area contributed by atoms with Gasteiger partial charge in [-0.25, -0.2) is 0 Å². The van der Waals surface area contributed by atoms with Crippen molar-refractivity contribution in [3.8, 4) is 5.75 Å². The maximum absolute atomic E-state index is 13.1. The van der Waals surface area contributed by atoms with E-state index in [1.54, 1.807) is 0 Å². The summed E-state index contributed by atoms with van der Waals surface area (Å²) in [6.45, 7) is 1.37. The third-order valence-corrected chi connectivity index (χ3v) is 6.19. The van der Waals surface area contributed by atoms with Crippen LogP contribution in [0.3, 0.4) is 0 Å². The lowest BCUT2D eigenvalue weighted by molar-refractivity contribution is -0.126. The molecule has 172 valence electrons. The van der Waals surface area contributed by atoms with Crippen LogP contribution in [0.4, 0.5) is 0 Å². The van der Waals surface area contributed by atoms with Crippen LogP contribution in [0.1, 0.15) is 30.9 Å². The zero-order chi connectivity index (χ0) is 24.1. The molecule has 0 saturated heterocycles. The molecule has 1 aromatic carbocycles. The summed E-state index contributed by atoms with van der Waals surface area (Å²) in [6.07, 6.45) is -2.75. The Balaban J connectivity index is 2.32. The molecule has 0 saturated carbocycles. The predicted octanol–water partition coefficient (Wildman–Crippen LogP) is 0.0191. The highest BCUT2D eigenvalue weighted by Crippen LogP contribution is 2.50. The molecule has 10 nitrogen and oxygen atoms in total. The van der Waals surface area contributed by atoms with Crippen molar-refractivity contribution in [1.29, 1.82) is 0 Å². The number of rotatable bonds is 2. The number of aliphatic hydroxyl groups excluding tert-OH is 3. The molecule has 2 aliphatic rings. The lowest BCUT2D eigenvalue weighted by Crippen LogP contribution is -2.48. The number of phenolic OH excluding ortho intramolecular Hbond substituents is 1. The van der Waals surface area contributed by atoms with Crippen LogP contribution in [0.15, 0.2) is 35.1 Å². The Morgan fingerprint density at radius 1 is 1.16 bits per heavy atom. The summed E-state index contributed by atoms with van der Waals surface area (Å²) >= 11 is 0. The Bertz CT molecular complexity index is 1070. The number of nitrogens with zero attached hydrogens (tertiary/aromatic N) is 1. The van der Waals surface area contributed by atoms with Crippen LogP contribution in [0.2, 0.25) is 0 Å². The molecule has 1 aromatic rings. The van der Waals surface area contributed by atoms with Gasteiger partial charge in [0.2, 0.25) is 0 Å². The molecule has 3 rings (SSSR count). The number of Topliss-reactive ketones (excluding diaryl/α,β-unsaturated/α-hetero) is 2. The van der Waals surface area contributed by atoms with Crippen molar-refractivity contribution in [3.63, 3.8) is 0 Å². The quantitative estimate of drug-likeness (QED) is 0.269. The number of hydrogen-bond acceptors (Lipinski definition) is 9. The number of phenols is 1. The van der Waals surface area contributed by atoms with Gasteiger partial charge in [-0.2, -0.15) is 0 Å². The highest BCUT2D eigenvalue weighted by molar-refractivity contribution is 6.25. The van der Waals surface area contributed by atoms with Gasteiger partial charge in [0.05, 0.1) is 29.7 Å².